The van der Waals surface area contributed by atoms with Crippen LogP contribution in [0.4, 0.5) is 4.39 Å². The monoisotopic (exact) mass is 238 g/mol. The fourth-order valence-corrected chi connectivity index (χ4v) is 2.03. The number of likely N-dealkylation sites (tertiary alicyclic amines) is 1. The van der Waals surface area contributed by atoms with Gasteiger partial charge in [-0.15, -0.1) is 0 Å². The minimum atomic E-state index is -0.678. The second-order valence-electron chi connectivity index (χ2n) is 4.19. The van der Waals surface area contributed by atoms with Gasteiger partial charge in [0.25, 0.3) is 5.91 Å². The van der Waals surface area contributed by atoms with Crippen molar-refractivity contribution >= 4 is 5.91 Å². The van der Waals surface area contributed by atoms with Crippen LogP contribution in [-0.2, 0) is 0 Å². The van der Waals surface area contributed by atoms with Gasteiger partial charge in [-0.25, -0.2) is 4.39 Å². The van der Waals surface area contributed by atoms with Gasteiger partial charge in [-0.1, -0.05) is 0 Å². The number of aromatic hydroxyl groups is 1. The first kappa shape index (κ1) is 11.9. The summed E-state index contributed by atoms with van der Waals surface area (Å²) in [5.74, 6) is -1.17. The second kappa shape index (κ2) is 4.71. The molecule has 1 fully saturated rings. The summed E-state index contributed by atoms with van der Waals surface area (Å²) >= 11 is 0. The van der Waals surface area contributed by atoms with Gasteiger partial charge >= 0.3 is 0 Å². The number of carbonyl (C=O) groups excluding carboxylic acids is 1. The first-order chi connectivity index (χ1) is 8.11. The minimum Gasteiger partial charge on any atom is -0.508 e. The Balaban J connectivity index is 2.15. The predicted octanol–water partition coefficient (Wildman–Crippen LogP) is 0.965. The quantitative estimate of drug-likeness (QED) is 0.807. The maximum atomic E-state index is 13.5. The molecule has 1 amide bonds. The van der Waals surface area contributed by atoms with Crippen molar-refractivity contribution in [3.05, 3.63) is 29.6 Å². The third-order valence-corrected chi connectivity index (χ3v) is 3.07. The molecule has 0 aromatic heterocycles. The summed E-state index contributed by atoms with van der Waals surface area (Å²) in [6.07, 6.45) is 0.877. The van der Waals surface area contributed by atoms with Crippen molar-refractivity contribution in [1.29, 1.82) is 0 Å². The summed E-state index contributed by atoms with van der Waals surface area (Å²) < 4.78 is 13.5. The Bertz CT molecular complexity index is 437. The van der Waals surface area contributed by atoms with Crippen LogP contribution in [0.3, 0.4) is 0 Å². The molecule has 1 aliphatic heterocycles. The van der Waals surface area contributed by atoms with Crippen LogP contribution in [0, 0.1) is 5.82 Å². The molecule has 0 saturated carbocycles. The molecule has 4 nitrogen and oxygen atoms in total. The second-order valence-corrected chi connectivity index (χ2v) is 4.19. The molecule has 0 radical (unpaired) electrons. The molecule has 0 bridgehead atoms. The van der Waals surface area contributed by atoms with Gasteiger partial charge in [0.1, 0.15) is 11.6 Å². The number of phenolic OH excluding ortho intramolecular Hbond substituents is 1. The molecule has 1 heterocycles. The van der Waals surface area contributed by atoms with E-state index in [1.807, 2.05) is 7.05 Å². The highest BCUT2D eigenvalue weighted by atomic mass is 19.1. The number of amides is 1. The Labute approximate surface area is 99.0 Å². The van der Waals surface area contributed by atoms with E-state index in [9.17, 15) is 9.18 Å². The molecule has 1 saturated heterocycles. The van der Waals surface area contributed by atoms with Gasteiger partial charge in [0.05, 0.1) is 5.56 Å². The third kappa shape index (κ3) is 2.39. The Kier molecular flexibility index (Phi) is 3.28. The largest absolute Gasteiger partial charge is 0.508 e. The summed E-state index contributed by atoms with van der Waals surface area (Å²) in [6, 6.07) is 3.87. The van der Waals surface area contributed by atoms with E-state index in [0.29, 0.717) is 13.1 Å². The van der Waals surface area contributed by atoms with E-state index in [1.54, 1.807) is 4.90 Å². The molecule has 92 valence electrons. The number of nitrogens with zero attached hydrogens (tertiary/aromatic N) is 1. The number of rotatable bonds is 2. The fraction of sp³-hybridized carbons (Fsp3) is 0.417. The molecule has 17 heavy (non-hydrogen) atoms. The zero-order chi connectivity index (χ0) is 12.4. The first-order valence-electron chi connectivity index (χ1n) is 5.57. The highest BCUT2D eigenvalue weighted by Crippen LogP contribution is 2.19. The van der Waals surface area contributed by atoms with Crippen LogP contribution in [0.25, 0.3) is 0 Å². The minimum absolute atomic E-state index is 0.0135. The standard InChI is InChI=1S/C12H15FN2O2/c1-14-8-4-5-15(7-8)12(17)10-3-2-9(16)6-11(10)13/h2-3,6,8,14,16H,4-5,7H2,1H3. The summed E-state index contributed by atoms with van der Waals surface area (Å²) in [6.45, 7) is 1.22. The number of phenols is 1. The molecule has 0 spiro atoms. The van der Waals surface area contributed by atoms with E-state index in [4.69, 9.17) is 5.11 Å². The molecule has 1 aromatic carbocycles. The SMILES string of the molecule is CNC1CCN(C(=O)c2ccc(O)cc2F)C1. The van der Waals surface area contributed by atoms with Crippen LogP contribution >= 0.6 is 0 Å². The van der Waals surface area contributed by atoms with Crippen molar-refractivity contribution in [3.8, 4) is 5.75 Å². The molecule has 2 N–H and O–H groups in total. The number of hydrogen-bond acceptors (Lipinski definition) is 3. The van der Waals surface area contributed by atoms with Gasteiger partial charge in [0.2, 0.25) is 0 Å². The van der Waals surface area contributed by atoms with E-state index >= 15 is 0 Å². The van der Waals surface area contributed by atoms with Crippen LogP contribution in [0.1, 0.15) is 16.8 Å². The van der Waals surface area contributed by atoms with Crippen molar-refractivity contribution in [2.24, 2.45) is 0 Å². The van der Waals surface area contributed by atoms with Crippen molar-refractivity contribution in [3.63, 3.8) is 0 Å². The third-order valence-electron chi connectivity index (χ3n) is 3.07. The maximum absolute atomic E-state index is 13.5. The number of halogens is 1. The lowest BCUT2D eigenvalue weighted by atomic mass is 10.2. The van der Waals surface area contributed by atoms with E-state index in [1.165, 1.54) is 12.1 Å². The molecule has 5 heteroatoms. The Hall–Kier alpha value is -1.62. The van der Waals surface area contributed by atoms with Gasteiger partial charge in [-0.3, -0.25) is 4.79 Å². The van der Waals surface area contributed by atoms with Crippen LogP contribution in [-0.4, -0.2) is 42.1 Å². The number of carbonyl (C=O) groups is 1. The fourth-order valence-electron chi connectivity index (χ4n) is 2.03. The average Bonchev–Trinajstić information content (AvgIpc) is 2.76. The Morgan fingerprint density at radius 3 is 2.94 bits per heavy atom. The first-order valence-corrected chi connectivity index (χ1v) is 5.57. The predicted molar refractivity (Wildman–Crippen MR) is 61.4 cm³/mol. The van der Waals surface area contributed by atoms with Gasteiger partial charge in [0.15, 0.2) is 0 Å². The van der Waals surface area contributed by atoms with Crippen molar-refractivity contribution in [2.45, 2.75) is 12.5 Å². The Morgan fingerprint density at radius 1 is 1.59 bits per heavy atom. The van der Waals surface area contributed by atoms with Crippen LogP contribution in [0.2, 0.25) is 0 Å². The zero-order valence-electron chi connectivity index (χ0n) is 9.61. The number of likely N-dealkylation sites (N-methyl/N-ethyl adjacent to an activating group) is 1. The summed E-state index contributed by atoms with van der Waals surface area (Å²) in [4.78, 5) is 13.6. The van der Waals surface area contributed by atoms with Crippen molar-refractivity contribution in [2.75, 3.05) is 20.1 Å². The summed E-state index contributed by atoms with van der Waals surface area (Å²) in [7, 11) is 1.85. The highest BCUT2D eigenvalue weighted by Gasteiger charge is 2.27. The van der Waals surface area contributed by atoms with E-state index in [2.05, 4.69) is 5.32 Å². The van der Waals surface area contributed by atoms with Gasteiger partial charge in [-0.2, -0.15) is 0 Å². The summed E-state index contributed by atoms with van der Waals surface area (Å²) in [5.41, 5.74) is 0.0135. The molecule has 1 unspecified atom stereocenters. The molecular formula is C12H15FN2O2. The lowest BCUT2D eigenvalue weighted by molar-refractivity contribution is 0.0785. The average molecular weight is 238 g/mol. The van der Waals surface area contributed by atoms with Crippen molar-refractivity contribution in [1.82, 2.24) is 10.2 Å². The summed E-state index contributed by atoms with van der Waals surface area (Å²) in [5, 5.41) is 12.2. The number of nitrogens with one attached hydrogen (secondary N) is 1. The lowest BCUT2D eigenvalue weighted by Gasteiger charge is -2.16. The van der Waals surface area contributed by atoms with E-state index in [-0.39, 0.29) is 23.3 Å². The molecule has 2 rings (SSSR count). The zero-order valence-corrected chi connectivity index (χ0v) is 9.61. The van der Waals surface area contributed by atoms with Crippen LogP contribution in [0.15, 0.2) is 18.2 Å². The van der Waals surface area contributed by atoms with Gasteiger partial charge in [-0.05, 0) is 25.6 Å². The molecule has 1 aromatic rings. The number of benzene rings is 1. The normalized spacial score (nSPS) is 19.6. The molecular weight excluding hydrogens is 223 g/mol. The lowest BCUT2D eigenvalue weighted by Crippen LogP contribution is -2.33. The highest BCUT2D eigenvalue weighted by molar-refractivity contribution is 5.94. The van der Waals surface area contributed by atoms with E-state index < -0.39 is 5.82 Å². The van der Waals surface area contributed by atoms with E-state index in [0.717, 1.165) is 12.5 Å². The smallest absolute Gasteiger partial charge is 0.256 e. The number of hydrogen-bond donors (Lipinski definition) is 2. The molecule has 1 atom stereocenters. The molecule has 0 aliphatic carbocycles. The van der Waals surface area contributed by atoms with Gasteiger partial charge in [0, 0.05) is 25.2 Å². The van der Waals surface area contributed by atoms with Crippen LogP contribution in [0.5, 0.6) is 5.75 Å². The maximum Gasteiger partial charge on any atom is 0.256 e. The molecule has 1 aliphatic rings. The van der Waals surface area contributed by atoms with Crippen LogP contribution < -0.4 is 5.32 Å². The Morgan fingerprint density at radius 2 is 2.35 bits per heavy atom. The van der Waals surface area contributed by atoms with Gasteiger partial charge < -0.3 is 15.3 Å². The topological polar surface area (TPSA) is 52.6 Å². The van der Waals surface area contributed by atoms with Crippen molar-refractivity contribution < 1.29 is 14.3 Å².